The zero-order chi connectivity index (χ0) is 20.1. The quantitative estimate of drug-likeness (QED) is 0.597. The third-order valence-electron chi connectivity index (χ3n) is 4.26. The number of phenolic OH excluding ortho intramolecular Hbond substituents is 1. The van der Waals surface area contributed by atoms with Gasteiger partial charge < -0.3 is 14.6 Å². The lowest BCUT2D eigenvalue weighted by molar-refractivity contribution is -0.145. The Labute approximate surface area is 170 Å². The molecule has 2 aromatic rings. The van der Waals surface area contributed by atoms with Gasteiger partial charge in [0.2, 0.25) is 0 Å². The Morgan fingerprint density at radius 1 is 1.22 bits per heavy atom. The van der Waals surface area contributed by atoms with Crippen LogP contribution in [0.3, 0.4) is 0 Å². The number of hydrogen-bond donors (Lipinski definition) is 1. The van der Waals surface area contributed by atoms with Crippen molar-refractivity contribution in [2.75, 3.05) is 13.2 Å². The van der Waals surface area contributed by atoms with Crippen molar-refractivity contribution in [2.45, 2.75) is 40.0 Å². The van der Waals surface area contributed by atoms with E-state index in [1.54, 1.807) is 19.1 Å². The van der Waals surface area contributed by atoms with Gasteiger partial charge >= 0.3 is 5.97 Å². The largest absolute Gasteiger partial charge is 0.508 e. The normalized spacial score (nSPS) is 10.9. The first-order valence-corrected chi connectivity index (χ1v) is 9.57. The topological polar surface area (TPSA) is 55.8 Å². The summed E-state index contributed by atoms with van der Waals surface area (Å²) in [5.41, 5.74) is 3.37. The molecular weight excluding hydrogens is 387 g/mol. The lowest BCUT2D eigenvalue weighted by Gasteiger charge is -2.16. The van der Waals surface area contributed by atoms with Crippen LogP contribution in [0.2, 0.25) is 10.0 Å². The number of phenols is 1. The van der Waals surface area contributed by atoms with Crippen LogP contribution in [0, 0.1) is 6.92 Å². The average molecular weight is 411 g/mol. The highest BCUT2D eigenvalue weighted by Gasteiger charge is 2.17. The maximum Gasteiger partial charge on any atom is 0.344 e. The van der Waals surface area contributed by atoms with Crippen molar-refractivity contribution in [2.24, 2.45) is 0 Å². The molecule has 0 atom stereocenters. The molecule has 2 aromatic carbocycles. The zero-order valence-electron chi connectivity index (χ0n) is 15.9. The molecule has 0 aliphatic rings. The van der Waals surface area contributed by atoms with Gasteiger partial charge in [-0.2, -0.15) is 0 Å². The third-order valence-corrected chi connectivity index (χ3v) is 5.10. The Morgan fingerprint density at radius 2 is 1.93 bits per heavy atom. The number of benzene rings is 2. The second kappa shape index (κ2) is 9.34. The molecule has 0 radical (unpaired) electrons. The van der Waals surface area contributed by atoms with Crippen LogP contribution in [0.5, 0.6) is 11.5 Å². The third kappa shape index (κ3) is 5.30. The van der Waals surface area contributed by atoms with E-state index < -0.39 is 5.97 Å². The molecule has 0 unspecified atom stereocenters. The number of aromatic hydroxyl groups is 1. The van der Waals surface area contributed by atoms with Gasteiger partial charge in [-0.3, -0.25) is 0 Å². The lowest BCUT2D eigenvalue weighted by atomic mass is 9.96. The molecule has 4 nitrogen and oxygen atoms in total. The molecular formula is C21H24Cl2O4. The van der Waals surface area contributed by atoms with Gasteiger partial charge in [0.25, 0.3) is 0 Å². The number of halogens is 2. The van der Waals surface area contributed by atoms with Crippen LogP contribution >= 0.6 is 23.2 Å². The molecule has 0 spiro atoms. The number of esters is 1. The van der Waals surface area contributed by atoms with Gasteiger partial charge in [-0.05, 0) is 48.6 Å². The fourth-order valence-corrected chi connectivity index (χ4v) is 3.35. The van der Waals surface area contributed by atoms with Crippen LogP contribution in [-0.4, -0.2) is 24.3 Å². The van der Waals surface area contributed by atoms with E-state index in [0.29, 0.717) is 34.4 Å². The lowest BCUT2D eigenvalue weighted by Crippen LogP contribution is -2.15. The van der Waals surface area contributed by atoms with Gasteiger partial charge in [-0.15, -0.1) is 0 Å². The van der Waals surface area contributed by atoms with E-state index in [4.69, 9.17) is 32.7 Å². The van der Waals surface area contributed by atoms with Crippen LogP contribution in [0.4, 0.5) is 0 Å². The summed E-state index contributed by atoms with van der Waals surface area (Å²) in [6.07, 6.45) is 0.524. The van der Waals surface area contributed by atoms with Crippen LogP contribution < -0.4 is 4.74 Å². The minimum Gasteiger partial charge on any atom is -0.508 e. The Bertz CT molecular complexity index is 831. The van der Waals surface area contributed by atoms with Crippen molar-refractivity contribution in [1.29, 1.82) is 0 Å². The van der Waals surface area contributed by atoms with Crippen LogP contribution in [-0.2, 0) is 16.0 Å². The van der Waals surface area contributed by atoms with Crippen molar-refractivity contribution in [3.63, 3.8) is 0 Å². The van der Waals surface area contributed by atoms with E-state index in [9.17, 15) is 9.90 Å². The maximum atomic E-state index is 11.5. The molecule has 27 heavy (non-hydrogen) atoms. The summed E-state index contributed by atoms with van der Waals surface area (Å²) in [5, 5.41) is 11.0. The molecule has 0 saturated heterocycles. The summed E-state index contributed by atoms with van der Waals surface area (Å²) in [5.74, 6) is 0.495. The van der Waals surface area contributed by atoms with Crippen molar-refractivity contribution >= 4 is 29.2 Å². The molecule has 0 saturated carbocycles. The van der Waals surface area contributed by atoms with Crippen LogP contribution in [0.15, 0.2) is 24.3 Å². The number of rotatable bonds is 7. The predicted molar refractivity (Wildman–Crippen MR) is 108 cm³/mol. The van der Waals surface area contributed by atoms with Gasteiger partial charge in [0.05, 0.1) is 11.6 Å². The Morgan fingerprint density at radius 3 is 2.56 bits per heavy atom. The summed E-state index contributed by atoms with van der Waals surface area (Å²) in [6.45, 7) is 7.71. The average Bonchev–Trinajstić information content (AvgIpc) is 2.62. The first kappa shape index (κ1) is 21.4. The van der Waals surface area contributed by atoms with E-state index in [1.165, 1.54) is 0 Å². The summed E-state index contributed by atoms with van der Waals surface area (Å²) in [4.78, 5) is 11.5. The number of hydrogen-bond acceptors (Lipinski definition) is 4. The summed E-state index contributed by atoms with van der Waals surface area (Å²) < 4.78 is 10.4. The van der Waals surface area contributed by atoms with Crippen molar-refractivity contribution in [3.8, 4) is 11.5 Å². The van der Waals surface area contributed by atoms with E-state index in [1.807, 2.05) is 32.9 Å². The monoisotopic (exact) mass is 410 g/mol. The van der Waals surface area contributed by atoms with E-state index in [0.717, 1.165) is 16.7 Å². The Kier molecular flexibility index (Phi) is 7.40. The highest BCUT2D eigenvalue weighted by molar-refractivity contribution is 6.36. The molecule has 0 aliphatic heterocycles. The zero-order valence-corrected chi connectivity index (χ0v) is 17.4. The molecule has 6 heteroatoms. The Hall–Kier alpha value is -1.91. The van der Waals surface area contributed by atoms with Gasteiger partial charge in [0.15, 0.2) is 6.61 Å². The minimum absolute atomic E-state index is 0.198. The molecule has 0 amide bonds. The van der Waals surface area contributed by atoms with Crippen molar-refractivity contribution < 1.29 is 19.4 Å². The molecule has 1 N–H and O–H groups in total. The fraction of sp³-hybridized carbons (Fsp3) is 0.381. The number of ether oxygens (including phenoxy) is 2. The second-order valence-corrected chi connectivity index (χ2v) is 7.38. The SMILES string of the molecule is CCOC(=O)COc1cc(Cl)c(Cc2ccc(O)c(C(C)C)c2)c(Cl)c1C. The van der Waals surface area contributed by atoms with Crippen LogP contribution in [0.1, 0.15) is 48.9 Å². The summed E-state index contributed by atoms with van der Waals surface area (Å²) in [6, 6.07) is 7.18. The van der Waals surface area contributed by atoms with Gasteiger partial charge in [0, 0.05) is 17.0 Å². The highest BCUT2D eigenvalue weighted by atomic mass is 35.5. The molecule has 0 heterocycles. The van der Waals surface area contributed by atoms with E-state index in [2.05, 4.69) is 0 Å². The van der Waals surface area contributed by atoms with E-state index >= 15 is 0 Å². The van der Waals surface area contributed by atoms with Gasteiger partial charge in [-0.1, -0.05) is 49.2 Å². The minimum atomic E-state index is -0.446. The Balaban J connectivity index is 2.27. The number of carbonyl (C=O) groups is 1. The standard InChI is InChI=1S/C21H24Cl2O4/c1-5-26-20(25)11-27-19-10-17(22)16(21(23)13(19)4)9-14-6-7-18(24)15(8-14)12(2)3/h6-8,10,12,24H,5,9,11H2,1-4H3. The summed E-state index contributed by atoms with van der Waals surface area (Å²) >= 11 is 13.0. The smallest absolute Gasteiger partial charge is 0.344 e. The van der Waals surface area contributed by atoms with Gasteiger partial charge in [0.1, 0.15) is 11.5 Å². The predicted octanol–water partition coefficient (Wildman–Crippen LogP) is 5.66. The molecule has 2 rings (SSSR count). The number of carbonyl (C=O) groups excluding carboxylic acids is 1. The second-order valence-electron chi connectivity index (χ2n) is 6.59. The first-order valence-electron chi connectivity index (χ1n) is 8.82. The van der Waals surface area contributed by atoms with Crippen molar-refractivity contribution in [3.05, 3.63) is 56.6 Å². The molecule has 0 aromatic heterocycles. The summed E-state index contributed by atoms with van der Waals surface area (Å²) in [7, 11) is 0. The van der Waals surface area contributed by atoms with Crippen molar-refractivity contribution in [1.82, 2.24) is 0 Å². The highest BCUT2D eigenvalue weighted by Crippen LogP contribution is 2.37. The molecule has 0 aliphatic carbocycles. The van der Waals surface area contributed by atoms with Crippen LogP contribution in [0.25, 0.3) is 0 Å². The molecule has 0 bridgehead atoms. The fourth-order valence-electron chi connectivity index (χ4n) is 2.78. The first-order chi connectivity index (χ1) is 12.7. The molecule has 0 fully saturated rings. The van der Waals surface area contributed by atoms with Gasteiger partial charge in [-0.25, -0.2) is 4.79 Å². The molecule has 146 valence electrons. The van der Waals surface area contributed by atoms with E-state index in [-0.39, 0.29) is 18.3 Å². The maximum absolute atomic E-state index is 11.5.